The highest BCUT2D eigenvalue weighted by molar-refractivity contribution is 5.91. The van der Waals surface area contributed by atoms with Crippen molar-refractivity contribution in [2.75, 3.05) is 55.7 Å². The number of carbonyl (C=O) groups excluding carboxylic acids is 2. The molecule has 11 heteroatoms. The number of hydrogen-bond acceptors (Lipinski definition) is 10. The summed E-state index contributed by atoms with van der Waals surface area (Å²) in [7, 11) is 9.10. The Morgan fingerprint density at radius 2 is 1.60 bits per heavy atom. The maximum atomic E-state index is 13.5. The molecular formula is C37H48N2O9. The van der Waals surface area contributed by atoms with E-state index in [4.69, 9.17) is 33.2 Å². The van der Waals surface area contributed by atoms with Crippen molar-refractivity contribution < 1.29 is 42.7 Å². The van der Waals surface area contributed by atoms with Crippen LogP contribution in [0, 0.1) is 17.8 Å². The summed E-state index contributed by atoms with van der Waals surface area (Å²) in [4.78, 5) is 33.1. The number of nitrogens with one attached hydrogen (secondary N) is 1. The largest absolute Gasteiger partial charge is 0.497 e. The van der Waals surface area contributed by atoms with Crippen molar-refractivity contribution in [2.45, 2.75) is 51.4 Å². The van der Waals surface area contributed by atoms with Crippen molar-refractivity contribution in [3.63, 3.8) is 0 Å². The Labute approximate surface area is 282 Å². The number of carbonyl (C=O) groups is 2. The van der Waals surface area contributed by atoms with Crippen molar-refractivity contribution in [1.29, 1.82) is 0 Å². The molecule has 1 aromatic heterocycles. The third-order valence-corrected chi connectivity index (χ3v) is 9.76. The lowest BCUT2D eigenvalue weighted by Gasteiger charge is -2.52. The van der Waals surface area contributed by atoms with Crippen LogP contribution in [0.1, 0.15) is 54.3 Å². The van der Waals surface area contributed by atoms with Gasteiger partial charge in [-0.25, -0.2) is 4.79 Å². The smallest absolute Gasteiger partial charge is 0.338 e. The highest BCUT2D eigenvalue weighted by Gasteiger charge is 2.54. The number of methoxy groups -OCH3 is 6. The molecule has 3 heterocycles. The van der Waals surface area contributed by atoms with Crippen LogP contribution in [0.15, 0.2) is 42.5 Å². The van der Waals surface area contributed by atoms with Gasteiger partial charge in [0.1, 0.15) is 18.0 Å². The van der Waals surface area contributed by atoms with Crippen molar-refractivity contribution in [3.05, 3.63) is 59.3 Å². The predicted molar refractivity (Wildman–Crippen MR) is 181 cm³/mol. The van der Waals surface area contributed by atoms with Gasteiger partial charge in [0, 0.05) is 42.9 Å². The topological polar surface area (TPSA) is 118 Å². The number of aromatic amines is 1. The third kappa shape index (κ3) is 6.71. The summed E-state index contributed by atoms with van der Waals surface area (Å²) in [6.07, 6.45) is 0.920. The maximum Gasteiger partial charge on any atom is 0.338 e. The summed E-state index contributed by atoms with van der Waals surface area (Å²) in [5, 5.41) is 1.21. The van der Waals surface area contributed by atoms with Gasteiger partial charge in [-0.1, -0.05) is 5.57 Å². The van der Waals surface area contributed by atoms with Crippen molar-refractivity contribution in [3.8, 4) is 23.0 Å². The van der Waals surface area contributed by atoms with Crippen LogP contribution in [-0.2, 0) is 25.4 Å². The average Bonchev–Trinajstić information content (AvgIpc) is 3.47. The molecule has 6 atom stereocenters. The highest BCUT2D eigenvalue weighted by Crippen LogP contribution is 2.51. The summed E-state index contributed by atoms with van der Waals surface area (Å²) in [6.45, 7) is 9.18. The lowest BCUT2D eigenvalue weighted by molar-refractivity contribution is -0.176. The number of piperidine rings is 1. The van der Waals surface area contributed by atoms with Gasteiger partial charge in [-0.2, -0.15) is 0 Å². The molecule has 2 fully saturated rings. The Kier molecular flexibility index (Phi) is 10.9. The van der Waals surface area contributed by atoms with E-state index in [1.54, 1.807) is 26.4 Å². The van der Waals surface area contributed by atoms with Crippen LogP contribution >= 0.6 is 0 Å². The van der Waals surface area contributed by atoms with Gasteiger partial charge < -0.3 is 38.1 Å². The number of nitrogens with zero attached hydrogens (tertiary/aromatic N) is 1. The Hall–Kier alpha value is -4.22. The van der Waals surface area contributed by atoms with E-state index in [9.17, 15) is 9.59 Å². The molecule has 1 saturated carbocycles. The lowest BCUT2D eigenvalue weighted by atomic mass is 9.63. The molecule has 0 unspecified atom stereocenters. The molecule has 2 aliphatic heterocycles. The molecule has 11 nitrogen and oxygen atoms in total. The monoisotopic (exact) mass is 664 g/mol. The number of allylic oxidation sites excluding steroid dienone is 1. The van der Waals surface area contributed by atoms with Crippen molar-refractivity contribution in [1.82, 2.24) is 9.88 Å². The molecule has 3 aliphatic rings. The van der Waals surface area contributed by atoms with E-state index in [1.165, 1.54) is 50.7 Å². The molecule has 0 bridgehead atoms. The van der Waals surface area contributed by atoms with Gasteiger partial charge in [0.25, 0.3) is 0 Å². The van der Waals surface area contributed by atoms with E-state index in [0.717, 1.165) is 37.2 Å². The number of rotatable bonds is 8. The Morgan fingerprint density at radius 3 is 2.19 bits per heavy atom. The van der Waals surface area contributed by atoms with Crippen LogP contribution < -0.4 is 18.9 Å². The number of hydrogen-bond donors (Lipinski definition) is 1. The summed E-state index contributed by atoms with van der Waals surface area (Å²) < 4.78 is 39.1. The zero-order valence-corrected chi connectivity index (χ0v) is 29.2. The second-order valence-electron chi connectivity index (χ2n) is 12.9. The van der Waals surface area contributed by atoms with Crippen molar-refractivity contribution >= 4 is 22.8 Å². The summed E-state index contributed by atoms with van der Waals surface area (Å²) >= 11 is 0. The first-order valence-corrected chi connectivity index (χ1v) is 16.2. The van der Waals surface area contributed by atoms with Gasteiger partial charge in [-0.05, 0) is 74.8 Å². The fourth-order valence-electron chi connectivity index (χ4n) is 7.76. The van der Waals surface area contributed by atoms with Gasteiger partial charge in [0.15, 0.2) is 11.5 Å². The van der Waals surface area contributed by atoms with Crippen LogP contribution in [0.3, 0.4) is 0 Å². The SMILES string of the molecule is C=C(C)C.COC(=O)[C@H]1[C@H]2C[C@@H]3c4[nH]c5cc(OC)ccc5c4CCN3C[C@H]2C[C@@H](OC(=O)c2cc(OC)c(OC)c(OC)c2)[C@@H]1OC. The average molecular weight is 665 g/mol. The molecule has 1 aliphatic carbocycles. The predicted octanol–water partition coefficient (Wildman–Crippen LogP) is 5.75. The van der Waals surface area contributed by atoms with Gasteiger partial charge in [0.05, 0.1) is 53.1 Å². The van der Waals surface area contributed by atoms with Crippen LogP contribution in [0.4, 0.5) is 0 Å². The standard InChI is InChI=1S/C33H40N2O9.C4H8/c1-38-19-7-8-20-21-9-10-35-16-18-13-27(44-32(36)17-11-25(39-2)30(41-4)26(12-17)40-3)31(42-5)28(33(37)43-6)22(18)15-24(35)29(21)34-23(20)14-19;1-4(2)3/h7-8,11-12,14,18,22,24,27-28,31,34H,9-10,13,15-16H2,1-6H3;1H2,2-3H3/t18-,22+,24-,27-,28+,31+;/m1./s1. The fourth-order valence-corrected chi connectivity index (χ4v) is 7.76. The van der Waals surface area contributed by atoms with Crippen LogP contribution in [0.5, 0.6) is 23.0 Å². The number of ether oxygens (including phenoxy) is 7. The van der Waals surface area contributed by atoms with E-state index < -0.39 is 24.1 Å². The van der Waals surface area contributed by atoms with Crippen LogP contribution in [0.25, 0.3) is 10.9 Å². The second kappa shape index (κ2) is 14.9. The van der Waals surface area contributed by atoms with Gasteiger partial charge in [-0.15, -0.1) is 6.58 Å². The zero-order chi connectivity index (χ0) is 34.7. The third-order valence-electron chi connectivity index (χ3n) is 9.76. The number of aromatic nitrogens is 1. The molecule has 2 aromatic carbocycles. The summed E-state index contributed by atoms with van der Waals surface area (Å²) in [5.41, 5.74) is 4.99. The molecule has 0 spiro atoms. The summed E-state index contributed by atoms with van der Waals surface area (Å²) in [6, 6.07) is 9.40. The molecule has 260 valence electrons. The van der Waals surface area contributed by atoms with E-state index >= 15 is 0 Å². The lowest BCUT2D eigenvalue weighted by Crippen LogP contribution is -2.58. The summed E-state index contributed by atoms with van der Waals surface area (Å²) in [5.74, 6) is 0.441. The van der Waals surface area contributed by atoms with Crippen molar-refractivity contribution in [2.24, 2.45) is 17.8 Å². The minimum Gasteiger partial charge on any atom is -0.497 e. The minimum atomic E-state index is -0.670. The first-order chi connectivity index (χ1) is 23.1. The van der Waals surface area contributed by atoms with Gasteiger partial charge in [-0.3, -0.25) is 9.69 Å². The highest BCUT2D eigenvalue weighted by atomic mass is 16.6. The molecule has 0 radical (unpaired) electrons. The van der Waals surface area contributed by atoms with Crippen LogP contribution in [0.2, 0.25) is 0 Å². The molecule has 1 N–H and O–H groups in total. The van der Waals surface area contributed by atoms with E-state index in [1.807, 2.05) is 26.0 Å². The van der Waals surface area contributed by atoms with E-state index in [2.05, 4.69) is 22.5 Å². The van der Waals surface area contributed by atoms with E-state index in [0.29, 0.717) is 23.7 Å². The Bertz CT molecular complexity index is 1620. The van der Waals surface area contributed by atoms with E-state index in [-0.39, 0.29) is 29.4 Å². The second-order valence-corrected chi connectivity index (χ2v) is 12.9. The Balaban J connectivity index is 0.00000107. The number of esters is 2. The molecule has 48 heavy (non-hydrogen) atoms. The molecule has 3 aromatic rings. The first-order valence-electron chi connectivity index (χ1n) is 16.2. The number of fused-ring (bicyclic) bond motifs is 6. The molecule has 6 rings (SSSR count). The quantitative estimate of drug-likeness (QED) is 0.236. The van der Waals surface area contributed by atoms with Gasteiger partial charge in [0.2, 0.25) is 5.75 Å². The first kappa shape index (κ1) is 35.1. The number of benzene rings is 2. The minimum absolute atomic E-state index is 0.0170. The fraction of sp³-hybridized carbons (Fsp3) is 0.514. The van der Waals surface area contributed by atoms with Crippen LogP contribution in [-0.4, -0.2) is 89.8 Å². The number of H-pyrrole nitrogens is 1. The zero-order valence-electron chi connectivity index (χ0n) is 29.2. The maximum absolute atomic E-state index is 13.5. The Morgan fingerprint density at radius 1 is 0.917 bits per heavy atom. The normalized spacial score (nSPS) is 24.5. The molecule has 1 saturated heterocycles. The van der Waals surface area contributed by atoms with Gasteiger partial charge >= 0.3 is 11.9 Å². The molecular weight excluding hydrogens is 616 g/mol. The molecule has 0 amide bonds.